The van der Waals surface area contributed by atoms with E-state index in [1.807, 2.05) is 0 Å². The third kappa shape index (κ3) is 3.20. The van der Waals surface area contributed by atoms with Crippen LogP contribution in [0.4, 0.5) is 0 Å². The van der Waals surface area contributed by atoms with Gasteiger partial charge in [0.05, 0.1) is 0 Å². The first-order valence-electron chi connectivity index (χ1n) is 7.78. The fraction of sp³-hybridized carbons (Fsp3) is 0.625. The highest BCUT2D eigenvalue weighted by Crippen LogP contribution is 2.39. The molecule has 1 heterocycles. The second-order valence-electron chi connectivity index (χ2n) is 6.52. The van der Waals surface area contributed by atoms with Crippen LogP contribution in [0.3, 0.4) is 0 Å². The maximum Gasteiger partial charge on any atom is 0.263 e. The van der Waals surface area contributed by atoms with Crippen molar-refractivity contribution in [3.8, 4) is 0 Å². The Bertz CT molecular complexity index is 587. The Kier molecular flexibility index (Phi) is 5.29. The number of carbonyl (C=O) groups excluding carboxylic acids is 1. The zero-order valence-corrected chi connectivity index (χ0v) is 13.6. The summed E-state index contributed by atoms with van der Waals surface area (Å²) in [6, 6.07) is 3.77. The van der Waals surface area contributed by atoms with E-state index < -0.39 is 0 Å². The molecule has 2 aliphatic rings. The molecule has 1 amide bonds. The van der Waals surface area contributed by atoms with Gasteiger partial charge in [0.25, 0.3) is 11.5 Å². The fourth-order valence-corrected chi connectivity index (χ4v) is 4.02. The van der Waals surface area contributed by atoms with Crippen LogP contribution in [-0.2, 0) is 7.05 Å². The number of rotatable bonds is 2. The molecule has 3 N–H and O–H groups in total. The summed E-state index contributed by atoms with van der Waals surface area (Å²) in [5.74, 6) is 0.682. The Hall–Kier alpha value is -1.33. The van der Waals surface area contributed by atoms with Crippen LogP contribution in [0.5, 0.6) is 0 Å². The van der Waals surface area contributed by atoms with Gasteiger partial charge in [0.15, 0.2) is 0 Å². The monoisotopic (exact) mass is 325 g/mol. The summed E-state index contributed by atoms with van der Waals surface area (Å²) in [6.45, 7) is 0. The molecule has 6 heteroatoms. The molecule has 1 aromatic heterocycles. The van der Waals surface area contributed by atoms with Crippen molar-refractivity contribution < 1.29 is 4.79 Å². The molecule has 2 atom stereocenters. The number of nitrogens with two attached hydrogens (primary N) is 1. The number of fused-ring (bicyclic) bond motifs is 2. The molecule has 22 heavy (non-hydrogen) atoms. The molecule has 2 saturated carbocycles. The third-order valence-corrected chi connectivity index (χ3v) is 5.04. The van der Waals surface area contributed by atoms with E-state index >= 15 is 0 Å². The van der Waals surface area contributed by atoms with E-state index in [0.29, 0.717) is 11.8 Å². The minimum atomic E-state index is -0.243. The standard InChI is InChI=1S/C16H23N3O2.ClH/c1-19-7-3-6-13(16(19)21)15(20)18-14-10-4-2-5-11(14)9-12(17)8-10;/h3,6-7,10-12,14H,2,4-5,8-9,17H2,1H3,(H,18,20);1H. The van der Waals surface area contributed by atoms with Crippen LogP contribution in [0.15, 0.2) is 23.1 Å². The summed E-state index contributed by atoms with van der Waals surface area (Å²) >= 11 is 0. The molecule has 0 aliphatic heterocycles. The number of aryl methyl sites for hydroxylation is 1. The average Bonchev–Trinajstić information content (AvgIpc) is 2.42. The van der Waals surface area contributed by atoms with Crippen molar-refractivity contribution in [3.05, 3.63) is 34.2 Å². The third-order valence-electron chi connectivity index (χ3n) is 5.04. The van der Waals surface area contributed by atoms with Crippen molar-refractivity contribution in [2.24, 2.45) is 24.6 Å². The molecule has 0 saturated heterocycles. The van der Waals surface area contributed by atoms with Crippen LogP contribution >= 0.6 is 12.4 Å². The van der Waals surface area contributed by atoms with Gasteiger partial charge >= 0.3 is 0 Å². The van der Waals surface area contributed by atoms with Crippen molar-refractivity contribution in [2.45, 2.75) is 44.2 Å². The molecular formula is C16H24ClN3O2. The van der Waals surface area contributed by atoms with E-state index in [9.17, 15) is 9.59 Å². The minimum Gasteiger partial charge on any atom is -0.349 e. The summed E-state index contributed by atoms with van der Waals surface area (Å²) in [4.78, 5) is 24.5. The number of nitrogens with zero attached hydrogens (tertiary/aromatic N) is 1. The van der Waals surface area contributed by atoms with Crippen molar-refractivity contribution >= 4 is 18.3 Å². The molecule has 0 spiro atoms. The molecular weight excluding hydrogens is 302 g/mol. The number of pyridine rings is 1. The Balaban J connectivity index is 0.00000176. The number of aromatic nitrogens is 1. The van der Waals surface area contributed by atoms with Crippen LogP contribution in [0, 0.1) is 11.8 Å². The first-order chi connectivity index (χ1) is 10.1. The van der Waals surface area contributed by atoms with E-state index in [0.717, 1.165) is 25.7 Å². The smallest absolute Gasteiger partial charge is 0.263 e. The summed E-state index contributed by atoms with van der Waals surface area (Å²) in [6.07, 6.45) is 7.10. The predicted molar refractivity (Wildman–Crippen MR) is 88.2 cm³/mol. The van der Waals surface area contributed by atoms with Crippen molar-refractivity contribution in [2.75, 3.05) is 0 Å². The quantitative estimate of drug-likeness (QED) is 0.864. The molecule has 1 aromatic rings. The number of hydrogen-bond donors (Lipinski definition) is 2. The summed E-state index contributed by atoms with van der Waals surface area (Å²) in [5, 5.41) is 3.12. The maximum absolute atomic E-state index is 12.4. The van der Waals surface area contributed by atoms with Crippen LogP contribution in [0.2, 0.25) is 0 Å². The first kappa shape index (κ1) is 17.0. The SMILES string of the molecule is Cl.Cn1cccc(C(=O)NC2C3CCCC2CC(N)C3)c1=O. The van der Waals surface area contributed by atoms with E-state index in [-0.39, 0.29) is 41.5 Å². The lowest BCUT2D eigenvalue weighted by molar-refractivity contribution is 0.0754. The molecule has 0 radical (unpaired) electrons. The summed E-state index contributed by atoms with van der Waals surface area (Å²) in [5.41, 5.74) is 6.09. The van der Waals surface area contributed by atoms with Crippen LogP contribution < -0.4 is 16.6 Å². The Morgan fingerprint density at radius 3 is 2.59 bits per heavy atom. The van der Waals surface area contributed by atoms with Crippen molar-refractivity contribution in [1.29, 1.82) is 0 Å². The highest BCUT2D eigenvalue weighted by molar-refractivity contribution is 5.94. The van der Waals surface area contributed by atoms with Gasteiger partial charge in [-0.1, -0.05) is 6.42 Å². The van der Waals surface area contributed by atoms with Gasteiger partial charge in [-0.05, 0) is 49.7 Å². The van der Waals surface area contributed by atoms with Crippen LogP contribution in [0.1, 0.15) is 42.5 Å². The fourth-order valence-electron chi connectivity index (χ4n) is 4.02. The second kappa shape index (κ2) is 6.84. The first-order valence-corrected chi connectivity index (χ1v) is 7.78. The van der Waals surface area contributed by atoms with Crippen LogP contribution in [0.25, 0.3) is 0 Å². The number of nitrogens with one attached hydrogen (secondary N) is 1. The number of halogens is 1. The predicted octanol–water partition coefficient (Wildman–Crippen LogP) is 1.44. The van der Waals surface area contributed by atoms with Gasteiger partial charge in [-0.25, -0.2) is 0 Å². The van der Waals surface area contributed by atoms with Gasteiger partial charge in [-0.15, -0.1) is 12.4 Å². The molecule has 2 fully saturated rings. The number of amides is 1. The zero-order chi connectivity index (χ0) is 15.0. The van der Waals surface area contributed by atoms with E-state index in [1.54, 1.807) is 25.4 Å². The Morgan fingerprint density at radius 2 is 1.95 bits per heavy atom. The summed E-state index contributed by atoms with van der Waals surface area (Å²) < 4.78 is 1.44. The zero-order valence-electron chi connectivity index (χ0n) is 12.8. The van der Waals surface area contributed by atoms with Gasteiger partial charge < -0.3 is 15.6 Å². The lowest BCUT2D eigenvalue weighted by Gasteiger charge is -2.45. The van der Waals surface area contributed by atoms with Gasteiger partial charge in [0, 0.05) is 25.3 Å². The van der Waals surface area contributed by atoms with Crippen LogP contribution in [-0.4, -0.2) is 22.6 Å². The Morgan fingerprint density at radius 1 is 1.32 bits per heavy atom. The van der Waals surface area contributed by atoms with Gasteiger partial charge in [0.1, 0.15) is 5.56 Å². The number of hydrogen-bond acceptors (Lipinski definition) is 3. The largest absolute Gasteiger partial charge is 0.349 e. The van der Waals surface area contributed by atoms with Crippen molar-refractivity contribution in [1.82, 2.24) is 9.88 Å². The molecule has 122 valence electrons. The number of carbonyl (C=O) groups is 1. The van der Waals surface area contributed by atoms with Gasteiger partial charge in [-0.2, -0.15) is 0 Å². The maximum atomic E-state index is 12.4. The van der Waals surface area contributed by atoms with Crippen molar-refractivity contribution in [3.63, 3.8) is 0 Å². The second-order valence-corrected chi connectivity index (χ2v) is 6.52. The van der Waals surface area contributed by atoms with Gasteiger partial charge in [0.2, 0.25) is 0 Å². The normalized spacial score (nSPS) is 30.3. The van der Waals surface area contributed by atoms with E-state index in [4.69, 9.17) is 5.73 Å². The van der Waals surface area contributed by atoms with E-state index in [2.05, 4.69) is 5.32 Å². The topological polar surface area (TPSA) is 77.1 Å². The molecule has 3 rings (SSSR count). The highest BCUT2D eigenvalue weighted by Gasteiger charge is 2.40. The molecule has 2 unspecified atom stereocenters. The molecule has 5 nitrogen and oxygen atoms in total. The minimum absolute atomic E-state index is 0. The average molecular weight is 326 g/mol. The van der Waals surface area contributed by atoms with Gasteiger partial charge in [-0.3, -0.25) is 9.59 Å². The Labute approximate surface area is 136 Å². The lowest BCUT2D eigenvalue weighted by Crippen LogP contribution is -2.54. The lowest BCUT2D eigenvalue weighted by atomic mass is 9.67. The highest BCUT2D eigenvalue weighted by atomic mass is 35.5. The molecule has 0 aromatic carbocycles. The molecule has 2 bridgehead atoms. The molecule has 2 aliphatic carbocycles. The van der Waals surface area contributed by atoms with E-state index in [1.165, 1.54) is 11.0 Å². The summed E-state index contributed by atoms with van der Waals surface area (Å²) in [7, 11) is 1.66.